The molecule has 2 N–H and O–H groups in total. The number of halogens is 2. The lowest BCUT2D eigenvalue weighted by Crippen LogP contribution is -2.45. The highest BCUT2D eigenvalue weighted by atomic mass is 19.1. The maximum Gasteiger partial charge on any atom is 0.239 e. The van der Waals surface area contributed by atoms with E-state index in [4.69, 9.17) is 0 Å². The number of amides is 2. The van der Waals surface area contributed by atoms with Gasteiger partial charge in [0.05, 0.1) is 0 Å². The summed E-state index contributed by atoms with van der Waals surface area (Å²) in [7, 11) is 0. The lowest BCUT2D eigenvalue weighted by Gasteiger charge is -2.23. The van der Waals surface area contributed by atoms with Crippen LogP contribution in [0, 0.1) is 17.0 Å². The van der Waals surface area contributed by atoms with Crippen LogP contribution in [0.3, 0.4) is 0 Å². The number of hydrogen-bond donors (Lipinski definition) is 2. The lowest BCUT2D eigenvalue weighted by atomic mass is 9.90. The van der Waals surface area contributed by atoms with Crippen molar-refractivity contribution in [2.45, 2.75) is 46.0 Å². The molecule has 1 aliphatic rings. The first-order valence-corrected chi connectivity index (χ1v) is 8.54. The van der Waals surface area contributed by atoms with Crippen LogP contribution in [0.5, 0.6) is 0 Å². The molecule has 0 unspecified atom stereocenters. The molecule has 2 rings (SSSR count). The smallest absolute Gasteiger partial charge is 0.239 e. The number of para-hydroxylation sites is 1. The van der Waals surface area contributed by atoms with Gasteiger partial charge in [-0.2, -0.15) is 0 Å². The van der Waals surface area contributed by atoms with E-state index < -0.39 is 34.6 Å². The van der Waals surface area contributed by atoms with Gasteiger partial charge in [-0.3, -0.25) is 9.59 Å². The molecule has 0 heterocycles. The molecule has 136 valence electrons. The van der Waals surface area contributed by atoms with Gasteiger partial charge < -0.3 is 10.6 Å². The van der Waals surface area contributed by atoms with E-state index in [0.717, 1.165) is 31.4 Å². The molecule has 1 aliphatic carbocycles. The predicted octanol–water partition coefficient (Wildman–Crippen LogP) is 3.94. The topological polar surface area (TPSA) is 58.2 Å². The molecule has 25 heavy (non-hydrogen) atoms. The zero-order chi connectivity index (χ0) is 18.4. The van der Waals surface area contributed by atoms with Gasteiger partial charge in [-0.25, -0.2) is 8.78 Å². The van der Waals surface area contributed by atoms with E-state index in [1.807, 2.05) is 0 Å². The maximum atomic E-state index is 13.6. The Hall–Kier alpha value is -2.24. The third-order valence-electron chi connectivity index (χ3n) is 4.45. The third kappa shape index (κ3) is 4.87. The first-order chi connectivity index (χ1) is 11.8. The van der Waals surface area contributed by atoms with Crippen molar-refractivity contribution in [1.29, 1.82) is 0 Å². The Balaban J connectivity index is 1.93. The van der Waals surface area contributed by atoms with Crippen LogP contribution in [0.1, 0.15) is 46.0 Å². The van der Waals surface area contributed by atoms with Crippen molar-refractivity contribution in [3.8, 4) is 0 Å². The Morgan fingerprint density at radius 2 is 1.80 bits per heavy atom. The van der Waals surface area contributed by atoms with E-state index >= 15 is 0 Å². The Morgan fingerprint density at radius 1 is 1.12 bits per heavy atom. The summed E-state index contributed by atoms with van der Waals surface area (Å²) in [6.45, 7) is 3.29. The van der Waals surface area contributed by atoms with Gasteiger partial charge in [0, 0.05) is 6.54 Å². The van der Waals surface area contributed by atoms with Crippen molar-refractivity contribution in [3.63, 3.8) is 0 Å². The Labute approximate surface area is 146 Å². The first kappa shape index (κ1) is 19.1. The number of nitrogens with one attached hydrogen (secondary N) is 2. The molecule has 0 aliphatic heterocycles. The monoisotopic (exact) mass is 350 g/mol. The lowest BCUT2D eigenvalue weighted by molar-refractivity contribution is -0.138. The van der Waals surface area contributed by atoms with Gasteiger partial charge in [0.2, 0.25) is 11.8 Å². The summed E-state index contributed by atoms with van der Waals surface area (Å²) >= 11 is 0. The summed E-state index contributed by atoms with van der Waals surface area (Å²) in [6, 6.07) is 3.30. The zero-order valence-corrected chi connectivity index (χ0v) is 14.6. The van der Waals surface area contributed by atoms with E-state index in [1.54, 1.807) is 0 Å². The fourth-order valence-corrected chi connectivity index (χ4v) is 2.68. The second-order valence-corrected chi connectivity index (χ2v) is 6.79. The molecule has 0 saturated heterocycles. The fraction of sp³-hybridized carbons (Fsp3) is 0.474. The average Bonchev–Trinajstić information content (AvgIpc) is 2.58. The van der Waals surface area contributed by atoms with E-state index in [9.17, 15) is 18.4 Å². The van der Waals surface area contributed by atoms with Crippen molar-refractivity contribution >= 4 is 17.5 Å². The highest BCUT2D eigenvalue weighted by molar-refractivity contribution is 6.09. The van der Waals surface area contributed by atoms with Crippen LogP contribution in [-0.4, -0.2) is 18.4 Å². The second-order valence-electron chi connectivity index (χ2n) is 6.79. The standard InChI is InChI=1S/C19H24F2N2O2/c1-19(2,17(24)22-12-11-13-7-4-3-5-8-13)18(25)23-16-14(20)9-6-10-15(16)21/h6-7,9-10H,3-5,8,11-12H2,1-2H3,(H,22,24)(H,23,25). The van der Waals surface area contributed by atoms with Crippen molar-refractivity contribution in [1.82, 2.24) is 5.32 Å². The summed E-state index contributed by atoms with van der Waals surface area (Å²) in [4.78, 5) is 24.7. The number of carbonyl (C=O) groups is 2. The number of benzene rings is 1. The van der Waals surface area contributed by atoms with Gasteiger partial charge in [-0.05, 0) is 58.1 Å². The van der Waals surface area contributed by atoms with Crippen molar-refractivity contribution < 1.29 is 18.4 Å². The van der Waals surface area contributed by atoms with Gasteiger partial charge in [-0.1, -0.05) is 17.7 Å². The maximum absolute atomic E-state index is 13.6. The minimum absolute atomic E-state index is 0.440. The Bertz CT molecular complexity index is 664. The molecule has 0 saturated carbocycles. The number of rotatable bonds is 6. The average molecular weight is 350 g/mol. The number of carbonyl (C=O) groups excluding carboxylic acids is 2. The van der Waals surface area contributed by atoms with E-state index in [2.05, 4.69) is 16.7 Å². The summed E-state index contributed by atoms with van der Waals surface area (Å²) in [6.07, 6.45) is 7.45. The minimum atomic E-state index is -1.45. The number of hydrogen-bond acceptors (Lipinski definition) is 2. The van der Waals surface area contributed by atoms with Crippen LogP contribution in [0.2, 0.25) is 0 Å². The van der Waals surface area contributed by atoms with Gasteiger partial charge in [0.15, 0.2) is 0 Å². The second kappa shape index (κ2) is 8.23. The van der Waals surface area contributed by atoms with Crippen molar-refractivity contribution in [2.75, 3.05) is 11.9 Å². The van der Waals surface area contributed by atoms with Crippen molar-refractivity contribution in [2.24, 2.45) is 5.41 Å². The third-order valence-corrected chi connectivity index (χ3v) is 4.45. The quantitative estimate of drug-likeness (QED) is 0.603. The van der Waals surface area contributed by atoms with Gasteiger partial charge in [-0.15, -0.1) is 0 Å². The Kier molecular flexibility index (Phi) is 6.28. The van der Waals surface area contributed by atoms with Crippen LogP contribution in [-0.2, 0) is 9.59 Å². The molecular formula is C19H24F2N2O2. The molecule has 0 radical (unpaired) electrons. The largest absolute Gasteiger partial charge is 0.355 e. The molecule has 1 aromatic carbocycles. The van der Waals surface area contributed by atoms with Gasteiger partial charge >= 0.3 is 0 Å². The molecule has 0 fully saturated rings. The van der Waals surface area contributed by atoms with Gasteiger partial charge in [0.1, 0.15) is 22.7 Å². The summed E-state index contributed by atoms with van der Waals surface area (Å²) in [5.74, 6) is -2.99. The SMILES string of the molecule is CC(C)(C(=O)NCCC1=CCCCC1)C(=O)Nc1c(F)cccc1F. The number of allylic oxidation sites excluding steroid dienone is 1. The molecule has 4 nitrogen and oxygen atoms in total. The summed E-state index contributed by atoms with van der Waals surface area (Å²) in [5, 5.41) is 4.92. The fourth-order valence-electron chi connectivity index (χ4n) is 2.68. The molecule has 0 aromatic heterocycles. The van der Waals surface area contributed by atoms with E-state index in [-0.39, 0.29) is 0 Å². The van der Waals surface area contributed by atoms with E-state index in [0.29, 0.717) is 6.54 Å². The molecule has 6 heteroatoms. The van der Waals surface area contributed by atoms with E-state index in [1.165, 1.54) is 38.3 Å². The van der Waals surface area contributed by atoms with Crippen LogP contribution in [0.15, 0.2) is 29.8 Å². The first-order valence-electron chi connectivity index (χ1n) is 8.54. The van der Waals surface area contributed by atoms with Crippen molar-refractivity contribution in [3.05, 3.63) is 41.5 Å². The van der Waals surface area contributed by atoms with Gasteiger partial charge in [0.25, 0.3) is 0 Å². The molecule has 0 bridgehead atoms. The van der Waals surface area contributed by atoms with Crippen LogP contribution >= 0.6 is 0 Å². The number of anilines is 1. The molecular weight excluding hydrogens is 326 g/mol. The molecule has 0 atom stereocenters. The normalized spacial score (nSPS) is 14.6. The van der Waals surface area contributed by atoms with Crippen LogP contribution in [0.4, 0.5) is 14.5 Å². The summed E-state index contributed by atoms with van der Waals surface area (Å²) < 4.78 is 27.3. The highest BCUT2D eigenvalue weighted by Crippen LogP contribution is 2.24. The predicted molar refractivity (Wildman–Crippen MR) is 92.9 cm³/mol. The highest BCUT2D eigenvalue weighted by Gasteiger charge is 2.36. The Morgan fingerprint density at radius 3 is 2.40 bits per heavy atom. The molecule has 2 amide bonds. The van der Waals surface area contributed by atoms with Crippen LogP contribution in [0.25, 0.3) is 0 Å². The summed E-state index contributed by atoms with van der Waals surface area (Å²) in [5.41, 5.74) is -0.668. The minimum Gasteiger partial charge on any atom is -0.355 e. The zero-order valence-electron chi connectivity index (χ0n) is 14.6. The molecule has 1 aromatic rings. The molecule has 0 spiro atoms. The van der Waals surface area contributed by atoms with Crippen LogP contribution < -0.4 is 10.6 Å².